The van der Waals surface area contributed by atoms with Gasteiger partial charge in [-0.25, -0.2) is 4.79 Å². The molecule has 0 bridgehead atoms. The van der Waals surface area contributed by atoms with Gasteiger partial charge in [0, 0.05) is 39.9 Å². The standard InChI is InChI=1S/C17H36N4O4/c1-6-18-15(20-11-8-12-24-14-13-23-5)19-9-7-10-21-16(22)25-17(2,3)4/h6-14H2,1-5H3,(H,21,22)(H2,18,19,20). The molecule has 3 N–H and O–H groups in total. The molecule has 8 nitrogen and oxygen atoms in total. The molecule has 0 aromatic rings. The number of methoxy groups -OCH3 is 1. The zero-order valence-electron chi connectivity index (χ0n) is 16.4. The summed E-state index contributed by atoms with van der Waals surface area (Å²) in [7, 11) is 1.66. The van der Waals surface area contributed by atoms with Crippen LogP contribution < -0.4 is 16.0 Å². The Morgan fingerprint density at radius 1 is 1.00 bits per heavy atom. The van der Waals surface area contributed by atoms with Crippen molar-refractivity contribution in [3.8, 4) is 0 Å². The SMILES string of the molecule is CCNC(=NCCCNC(=O)OC(C)(C)C)NCCCOCCOC. The summed E-state index contributed by atoms with van der Waals surface area (Å²) in [6.07, 6.45) is 1.25. The summed E-state index contributed by atoms with van der Waals surface area (Å²) in [5.41, 5.74) is -0.475. The number of nitrogens with zero attached hydrogens (tertiary/aromatic N) is 1. The van der Waals surface area contributed by atoms with Gasteiger partial charge in [-0.1, -0.05) is 0 Å². The molecule has 0 heterocycles. The van der Waals surface area contributed by atoms with Crippen LogP contribution in [-0.4, -0.2) is 70.8 Å². The van der Waals surface area contributed by atoms with E-state index in [4.69, 9.17) is 14.2 Å². The second-order valence-corrected chi connectivity index (χ2v) is 6.43. The minimum absolute atomic E-state index is 0.394. The van der Waals surface area contributed by atoms with E-state index in [2.05, 4.69) is 20.9 Å². The fourth-order valence-electron chi connectivity index (χ4n) is 1.74. The number of guanidine groups is 1. The lowest BCUT2D eigenvalue weighted by Gasteiger charge is -2.19. The molecule has 0 aliphatic heterocycles. The van der Waals surface area contributed by atoms with Crippen LogP contribution in [0, 0.1) is 0 Å². The maximum absolute atomic E-state index is 11.5. The van der Waals surface area contributed by atoms with E-state index in [9.17, 15) is 4.79 Å². The van der Waals surface area contributed by atoms with E-state index in [0.29, 0.717) is 32.9 Å². The van der Waals surface area contributed by atoms with Crippen LogP contribution in [0.25, 0.3) is 0 Å². The van der Waals surface area contributed by atoms with Crippen LogP contribution >= 0.6 is 0 Å². The molecule has 0 rings (SSSR count). The van der Waals surface area contributed by atoms with E-state index < -0.39 is 11.7 Å². The summed E-state index contributed by atoms with van der Waals surface area (Å²) in [5, 5.41) is 9.17. The molecular weight excluding hydrogens is 324 g/mol. The van der Waals surface area contributed by atoms with Crippen molar-refractivity contribution in [1.82, 2.24) is 16.0 Å². The summed E-state index contributed by atoms with van der Waals surface area (Å²) in [5.74, 6) is 0.775. The first-order valence-corrected chi connectivity index (χ1v) is 8.94. The number of nitrogens with one attached hydrogen (secondary N) is 3. The number of hydrogen-bond donors (Lipinski definition) is 3. The van der Waals surface area contributed by atoms with Gasteiger partial charge in [-0.3, -0.25) is 4.99 Å². The highest BCUT2D eigenvalue weighted by Gasteiger charge is 2.15. The van der Waals surface area contributed by atoms with E-state index in [1.807, 2.05) is 27.7 Å². The second-order valence-electron chi connectivity index (χ2n) is 6.43. The average molecular weight is 360 g/mol. The number of hydrogen-bond acceptors (Lipinski definition) is 5. The van der Waals surface area contributed by atoms with Crippen molar-refractivity contribution in [3.05, 3.63) is 0 Å². The molecule has 8 heteroatoms. The third kappa shape index (κ3) is 17.1. The van der Waals surface area contributed by atoms with E-state index in [1.54, 1.807) is 7.11 Å². The molecule has 0 saturated heterocycles. The average Bonchev–Trinajstić information content (AvgIpc) is 2.51. The van der Waals surface area contributed by atoms with E-state index in [0.717, 1.165) is 31.9 Å². The van der Waals surface area contributed by atoms with E-state index >= 15 is 0 Å². The van der Waals surface area contributed by atoms with Crippen molar-refractivity contribution >= 4 is 12.1 Å². The highest BCUT2D eigenvalue weighted by Crippen LogP contribution is 2.06. The van der Waals surface area contributed by atoms with Crippen molar-refractivity contribution in [1.29, 1.82) is 0 Å². The minimum Gasteiger partial charge on any atom is -0.444 e. The third-order valence-electron chi connectivity index (χ3n) is 2.81. The molecule has 0 aliphatic carbocycles. The topological polar surface area (TPSA) is 93.2 Å². The van der Waals surface area contributed by atoms with Gasteiger partial charge in [0.05, 0.1) is 13.2 Å². The highest BCUT2D eigenvalue weighted by atomic mass is 16.6. The maximum Gasteiger partial charge on any atom is 0.407 e. The van der Waals surface area contributed by atoms with Crippen LogP contribution in [0.2, 0.25) is 0 Å². The van der Waals surface area contributed by atoms with Crippen molar-refractivity contribution in [2.75, 3.05) is 53.1 Å². The Morgan fingerprint density at radius 2 is 1.72 bits per heavy atom. The molecular formula is C17H36N4O4. The molecule has 0 radical (unpaired) electrons. The molecule has 1 amide bonds. The Morgan fingerprint density at radius 3 is 2.36 bits per heavy atom. The van der Waals surface area contributed by atoms with Gasteiger partial charge in [-0.15, -0.1) is 0 Å². The largest absolute Gasteiger partial charge is 0.444 e. The number of carbonyl (C=O) groups is 1. The van der Waals surface area contributed by atoms with E-state index in [1.165, 1.54) is 0 Å². The highest BCUT2D eigenvalue weighted by molar-refractivity contribution is 5.79. The van der Waals surface area contributed by atoms with Crippen molar-refractivity contribution < 1.29 is 19.0 Å². The monoisotopic (exact) mass is 360 g/mol. The van der Waals surface area contributed by atoms with Gasteiger partial charge >= 0.3 is 6.09 Å². The first kappa shape index (κ1) is 23.5. The number of amides is 1. The number of rotatable bonds is 12. The third-order valence-corrected chi connectivity index (χ3v) is 2.81. The zero-order chi connectivity index (χ0) is 19.0. The summed E-state index contributed by atoms with van der Waals surface area (Å²) < 4.78 is 15.5. The Kier molecular flexibility index (Phi) is 13.9. The summed E-state index contributed by atoms with van der Waals surface area (Å²) >= 11 is 0. The molecule has 148 valence electrons. The van der Waals surface area contributed by atoms with Gasteiger partial charge in [-0.2, -0.15) is 0 Å². The van der Waals surface area contributed by atoms with Crippen LogP contribution in [0.3, 0.4) is 0 Å². The number of carbonyl (C=O) groups excluding carboxylic acids is 1. The first-order chi connectivity index (χ1) is 11.9. The zero-order valence-corrected chi connectivity index (χ0v) is 16.4. The van der Waals surface area contributed by atoms with Crippen LogP contribution in [0.4, 0.5) is 4.79 Å². The quantitative estimate of drug-likeness (QED) is 0.277. The molecule has 0 saturated carbocycles. The predicted octanol–water partition coefficient (Wildman–Crippen LogP) is 1.51. The lowest BCUT2D eigenvalue weighted by molar-refractivity contribution is 0.0527. The predicted molar refractivity (Wildman–Crippen MR) is 100 cm³/mol. The minimum atomic E-state index is -0.475. The first-order valence-electron chi connectivity index (χ1n) is 8.94. The Hall–Kier alpha value is -1.54. The lowest BCUT2D eigenvalue weighted by atomic mass is 10.2. The number of ether oxygens (including phenoxy) is 3. The van der Waals surface area contributed by atoms with Gasteiger partial charge < -0.3 is 30.2 Å². The van der Waals surface area contributed by atoms with Gasteiger partial charge in [0.25, 0.3) is 0 Å². The molecule has 0 aromatic heterocycles. The van der Waals surface area contributed by atoms with Crippen LogP contribution in [0.15, 0.2) is 4.99 Å². The maximum atomic E-state index is 11.5. The summed E-state index contributed by atoms with van der Waals surface area (Å²) in [4.78, 5) is 16.0. The molecule has 25 heavy (non-hydrogen) atoms. The van der Waals surface area contributed by atoms with Gasteiger partial charge in [0.1, 0.15) is 5.60 Å². The van der Waals surface area contributed by atoms with Crippen molar-refractivity contribution in [3.63, 3.8) is 0 Å². The molecule has 0 spiro atoms. The van der Waals surface area contributed by atoms with Crippen molar-refractivity contribution in [2.45, 2.75) is 46.1 Å². The van der Waals surface area contributed by atoms with Gasteiger partial charge in [-0.05, 0) is 40.5 Å². The molecule has 0 unspecified atom stereocenters. The van der Waals surface area contributed by atoms with Crippen LogP contribution in [-0.2, 0) is 14.2 Å². The van der Waals surface area contributed by atoms with Crippen LogP contribution in [0.1, 0.15) is 40.5 Å². The second kappa shape index (κ2) is 14.8. The normalized spacial score (nSPS) is 12.0. The number of alkyl carbamates (subject to hydrolysis) is 1. The van der Waals surface area contributed by atoms with Gasteiger partial charge in [0.2, 0.25) is 0 Å². The lowest BCUT2D eigenvalue weighted by Crippen LogP contribution is -2.38. The molecule has 0 atom stereocenters. The molecule has 0 aliphatic rings. The summed E-state index contributed by atoms with van der Waals surface area (Å²) in [6, 6.07) is 0. The Bertz CT molecular complexity index is 370. The van der Waals surface area contributed by atoms with E-state index in [-0.39, 0.29) is 0 Å². The smallest absolute Gasteiger partial charge is 0.407 e. The number of aliphatic imine (C=N–C) groups is 1. The van der Waals surface area contributed by atoms with Gasteiger partial charge in [0.15, 0.2) is 5.96 Å². The Balaban J connectivity index is 3.82. The fourth-order valence-corrected chi connectivity index (χ4v) is 1.74. The molecule has 0 aromatic carbocycles. The van der Waals surface area contributed by atoms with Crippen LogP contribution in [0.5, 0.6) is 0 Å². The molecule has 0 fully saturated rings. The van der Waals surface area contributed by atoms with Crippen molar-refractivity contribution in [2.24, 2.45) is 4.99 Å². The summed E-state index contributed by atoms with van der Waals surface area (Å²) in [6.45, 7) is 12.2. The Labute approximate surface area is 152 Å². The fraction of sp³-hybridized carbons (Fsp3) is 0.882.